The summed E-state index contributed by atoms with van der Waals surface area (Å²) in [6.45, 7) is 0. The zero-order valence-electron chi connectivity index (χ0n) is 11.6. The van der Waals surface area contributed by atoms with Crippen molar-refractivity contribution in [1.29, 1.82) is 5.26 Å². The standard InChI is InChI=1S/C17H14N2OS/c1-19(13-6-4-5-12(9-13)10-18)17(20)15-11-21-16-8-3-2-7-14(15)16/h2-9,15H,11H2,1H3. The molecule has 2 aromatic carbocycles. The number of nitrogens with zero attached hydrogens (tertiary/aromatic N) is 2. The molecular formula is C17H14N2OS. The number of benzene rings is 2. The Balaban J connectivity index is 1.87. The highest BCUT2D eigenvalue weighted by molar-refractivity contribution is 7.99. The maximum absolute atomic E-state index is 12.7. The Morgan fingerprint density at radius 1 is 1.29 bits per heavy atom. The van der Waals surface area contributed by atoms with Gasteiger partial charge in [-0.2, -0.15) is 5.26 Å². The number of nitriles is 1. The highest BCUT2D eigenvalue weighted by atomic mass is 32.2. The summed E-state index contributed by atoms with van der Waals surface area (Å²) in [5.74, 6) is 0.741. The van der Waals surface area contributed by atoms with Gasteiger partial charge in [0.25, 0.3) is 0 Å². The van der Waals surface area contributed by atoms with Gasteiger partial charge in [-0.1, -0.05) is 24.3 Å². The predicted octanol–water partition coefficient (Wildman–Crippen LogP) is 3.41. The molecule has 1 atom stereocenters. The summed E-state index contributed by atoms with van der Waals surface area (Å²) in [6.07, 6.45) is 0. The predicted molar refractivity (Wildman–Crippen MR) is 84.5 cm³/mol. The number of amides is 1. The van der Waals surface area contributed by atoms with Gasteiger partial charge in [0.1, 0.15) is 0 Å². The molecule has 0 spiro atoms. The fourth-order valence-electron chi connectivity index (χ4n) is 2.51. The number of likely N-dealkylation sites (N-methyl/N-ethyl adjacent to an activating group) is 1. The first-order chi connectivity index (χ1) is 10.2. The molecular weight excluding hydrogens is 280 g/mol. The van der Waals surface area contributed by atoms with E-state index in [-0.39, 0.29) is 11.8 Å². The van der Waals surface area contributed by atoms with Gasteiger partial charge in [-0.15, -0.1) is 11.8 Å². The van der Waals surface area contributed by atoms with E-state index in [0.29, 0.717) is 5.56 Å². The second-order valence-corrected chi connectivity index (χ2v) is 6.02. The Bertz CT molecular complexity index is 736. The average molecular weight is 294 g/mol. The van der Waals surface area contributed by atoms with E-state index in [1.807, 2.05) is 24.3 Å². The molecule has 1 amide bonds. The second kappa shape index (κ2) is 5.63. The van der Waals surface area contributed by atoms with E-state index in [1.165, 1.54) is 4.90 Å². The number of thioether (sulfide) groups is 1. The lowest BCUT2D eigenvalue weighted by atomic mass is 9.99. The number of carbonyl (C=O) groups is 1. The lowest BCUT2D eigenvalue weighted by Crippen LogP contribution is -2.31. The fraction of sp³-hybridized carbons (Fsp3) is 0.176. The van der Waals surface area contributed by atoms with E-state index in [0.717, 1.165) is 17.0 Å². The van der Waals surface area contributed by atoms with Crippen LogP contribution >= 0.6 is 11.8 Å². The van der Waals surface area contributed by atoms with Crippen LogP contribution in [0.3, 0.4) is 0 Å². The quantitative estimate of drug-likeness (QED) is 0.852. The summed E-state index contributed by atoms with van der Waals surface area (Å²) in [6, 6.07) is 17.3. The van der Waals surface area contributed by atoms with E-state index in [4.69, 9.17) is 5.26 Å². The fourth-order valence-corrected chi connectivity index (χ4v) is 3.73. The number of fused-ring (bicyclic) bond motifs is 1. The van der Waals surface area contributed by atoms with Gasteiger partial charge in [0.05, 0.1) is 17.6 Å². The van der Waals surface area contributed by atoms with E-state index in [1.54, 1.807) is 41.9 Å². The maximum Gasteiger partial charge on any atom is 0.235 e. The van der Waals surface area contributed by atoms with Crippen molar-refractivity contribution in [3.05, 3.63) is 59.7 Å². The molecule has 1 aliphatic heterocycles. The van der Waals surface area contributed by atoms with Crippen molar-refractivity contribution in [2.75, 3.05) is 17.7 Å². The normalized spacial score (nSPS) is 16.1. The number of rotatable bonds is 2. The third-order valence-corrected chi connectivity index (χ3v) is 4.87. The molecule has 3 rings (SSSR count). The molecule has 104 valence electrons. The zero-order chi connectivity index (χ0) is 14.8. The van der Waals surface area contributed by atoms with Crippen LogP contribution < -0.4 is 4.90 Å². The minimum absolute atomic E-state index is 0.0718. The molecule has 1 heterocycles. The van der Waals surface area contributed by atoms with Crippen LogP contribution in [0.25, 0.3) is 0 Å². The molecule has 3 nitrogen and oxygen atoms in total. The van der Waals surface area contributed by atoms with Gasteiger partial charge in [-0.05, 0) is 29.8 Å². The van der Waals surface area contributed by atoms with Crippen molar-refractivity contribution in [2.24, 2.45) is 0 Å². The zero-order valence-corrected chi connectivity index (χ0v) is 12.4. The summed E-state index contributed by atoms with van der Waals surface area (Å²) in [7, 11) is 1.77. The topological polar surface area (TPSA) is 44.1 Å². The lowest BCUT2D eigenvalue weighted by Gasteiger charge is -2.21. The highest BCUT2D eigenvalue weighted by Crippen LogP contribution is 2.40. The Morgan fingerprint density at radius 3 is 2.90 bits per heavy atom. The summed E-state index contributed by atoms with van der Waals surface area (Å²) < 4.78 is 0. The maximum atomic E-state index is 12.7. The summed E-state index contributed by atoms with van der Waals surface area (Å²) >= 11 is 1.72. The number of hydrogen-bond acceptors (Lipinski definition) is 3. The molecule has 1 unspecified atom stereocenters. The second-order valence-electron chi connectivity index (χ2n) is 4.96. The summed E-state index contributed by atoms with van der Waals surface area (Å²) in [5, 5.41) is 8.97. The van der Waals surface area contributed by atoms with Crippen molar-refractivity contribution in [1.82, 2.24) is 0 Å². The van der Waals surface area contributed by atoms with E-state index >= 15 is 0 Å². The Labute approximate surface area is 128 Å². The first-order valence-electron chi connectivity index (χ1n) is 6.70. The molecule has 0 saturated heterocycles. The number of carbonyl (C=O) groups excluding carboxylic acids is 1. The van der Waals surface area contributed by atoms with Crippen molar-refractivity contribution < 1.29 is 4.79 Å². The minimum Gasteiger partial charge on any atom is -0.315 e. The molecule has 0 aliphatic carbocycles. The molecule has 2 aromatic rings. The van der Waals surface area contributed by atoms with Gasteiger partial charge >= 0.3 is 0 Å². The van der Waals surface area contributed by atoms with Gasteiger partial charge < -0.3 is 4.90 Å². The molecule has 0 N–H and O–H groups in total. The first kappa shape index (κ1) is 13.7. The van der Waals surface area contributed by atoms with Crippen molar-refractivity contribution >= 4 is 23.4 Å². The van der Waals surface area contributed by atoms with E-state index in [2.05, 4.69) is 12.1 Å². The number of hydrogen-bond donors (Lipinski definition) is 0. The van der Waals surface area contributed by atoms with Crippen LogP contribution in [0.5, 0.6) is 0 Å². The van der Waals surface area contributed by atoms with Crippen molar-refractivity contribution in [2.45, 2.75) is 10.8 Å². The van der Waals surface area contributed by atoms with Gasteiger partial charge in [-0.3, -0.25) is 4.79 Å². The molecule has 0 saturated carbocycles. The van der Waals surface area contributed by atoms with Gasteiger partial charge in [0.15, 0.2) is 0 Å². The van der Waals surface area contributed by atoms with Crippen LogP contribution in [0, 0.1) is 11.3 Å². The smallest absolute Gasteiger partial charge is 0.235 e. The van der Waals surface area contributed by atoms with E-state index in [9.17, 15) is 4.79 Å². The van der Waals surface area contributed by atoms with Crippen molar-refractivity contribution in [3.8, 4) is 6.07 Å². The highest BCUT2D eigenvalue weighted by Gasteiger charge is 2.31. The molecule has 0 fully saturated rings. The van der Waals surface area contributed by atoms with Gasteiger partial charge in [0, 0.05) is 23.4 Å². The molecule has 21 heavy (non-hydrogen) atoms. The van der Waals surface area contributed by atoms with Crippen LogP contribution in [0.15, 0.2) is 53.4 Å². The Kier molecular flexibility index (Phi) is 3.68. The number of anilines is 1. The monoisotopic (exact) mass is 294 g/mol. The van der Waals surface area contributed by atoms with Gasteiger partial charge in [0.2, 0.25) is 5.91 Å². The lowest BCUT2D eigenvalue weighted by molar-refractivity contribution is -0.119. The van der Waals surface area contributed by atoms with Crippen LogP contribution in [0.1, 0.15) is 17.0 Å². The largest absolute Gasteiger partial charge is 0.315 e. The third-order valence-electron chi connectivity index (χ3n) is 3.69. The Morgan fingerprint density at radius 2 is 2.10 bits per heavy atom. The van der Waals surface area contributed by atoms with Crippen LogP contribution in [0.2, 0.25) is 0 Å². The minimum atomic E-state index is -0.109. The van der Waals surface area contributed by atoms with Crippen LogP contribution in [-0.4, -0.2) is 18.7 Å². The average Bonchev–Trinajstić information content (AvgIpc) is 2.97. The summed E-state index contributed by atoms with van der Waals surface area (Å²) in [5.41, 5.74) is 2.43. The molecule has 1 aliphatic rings. The van der Waals surface area contributed by atoms with Crippen LogP contribution in [-0.2, 0) is 4.79 Å². The molecule has 0 bridgehead atoms. The SMILES string of the molecule is CN(C(=O)C1CSc2ccccc21)c1cccc(C#N)c1. The molecule has 0 aromatic heterocycles. The third kappa shape index (κ3) is 2.53. The Hall–Kier alpha value is -2.25. The first-order valence-corrected chi connectivity index (χ1v) is 7.68. The van der Waals surface area contributed by atoms with Crippen LogP contribution in [0.4, 0.5) is 5.69 Å². The van der Waals surface area contributed by atoms with Crippen molar-refractivity contribution in [3.63, 3.8) is 0 Å². The van der Waals surface area contributed by atoms with Gasteiger partial charge in [-0.25, -0.2) is 0 Å². The van der Waals surface area contributed by atoms with E-state index < -0.39 is 0 Å². The molecule has 4 heteroatoms. The summed E-state index contributed by atoms with van der Waals surface area (Å²) in [4.78, 5) is 15.6. The molecule has 0 radical (unpaired) electrons.